The van der Waals surface area contributed by atoms with Crippen LogP contribution in [0.3, 0.4) is 0 Å². The van der Waals surface area contributed by atoms with Gasteiger partial charge in [-0.3, -0.25) is 4.79 Å². The number of thioether (sulfide) groups is 1. The molecule has 0 unspecified atom stereocenters. The third kappa shape index (κ3) is 3.82. The van der Waals surface area contributed by atoms with Crippen LogP contribution in [-0.2, 0) is 4.79 Å². The number of nitrogens with one attached hydrogen (secondary N) is 1. The first kappa shape index (κ1) is 5.82. The predicted octanol–water partition coefficient (Wildman–Crippen LogP) is 0.0529. The molecule has 0 atom stereocenters. The van der Waals surface area contributed by atoms with Crippen LogP contribution in [0.4, 0.5) is 0 Å². The van der Waals surface area contributed by atoms with Gasteiger partial charge in [-0.1, -0.05) is 0 Å². The second kappa shape index (κ2) is 4.82. The van der Waals surface area contributed by atoms with Crippen molar-refractivity contribution in [2.24, 2.45) is 0 Å². The molecular weight excluding hydrogens is 98.1 g/mol. The standard InChI is InChI=1S/C3H7NOS/c1-6-3-4-2-5/h2H,3H2,1H3,(H,4,5). The summed E-state index contributed by atoms with van der Waals surface area (Å²) in [5.74, 6) is 0.712. The Bertz CT molecular complexity index is 39.8. The van der Waals surface area contributed by atoms with Crippen molar-refractivity contribution in [1.82, 2.24) is 5.32 Å². The van der Waals surface area contributed by atoms with Gasteiger partial charge in [0.1, 0.15) is 0 Å². The van der Waals surface area contributed by atoms with Gasteiger partial charge in [-0.2, -0.15) is 0 Å². The number of carbonyl (C=O) groups is 1. The van der Waals surface area contributed by atoms with E-state index in [1.165, 1.54) is 0 Å². The summed E-state index contributed by atoms with van der Waals surface area (Å²) >= 11 is 1.58. The first-order valence-electron chi connectivity index (χ1n) is 1.57. The average molecular weight is 105 g/mol. The summed E-state index contributed by atoms with van der Waals surface area (Å²) in [6, 6.07) is 0. The predicted molar refractivity (Wildman–Crippen MR) is 27.6 cm³/mol. The highest BCUT2D eigenvalue weighted by Crippen LogP contribution is 1.81. The number of rotatable bonds is 3. The summed E-state index contributed by atoms with van der Waals surface area (Å²) in [6.07, 6.45) is 2.62. The van der Waals surface area contributed by atoms with Gasteiger partial charge >= 0.3 is 0 Å². The molecule has 1 N–H and O–H groups in total. The number of hydrogen-bond acceptors (Lipinski definition) is 2. The van der Waals surface area contributed by atoms with E-state index in [1.54, 1.807) is 11.8 Å². The summed E-state index contributed by atoms with van der Waals surface area (Å²) < 4.78 is 0. The molecule has 0 aromatic rings. The van der Waals surface area contributed by atoms with Gasteiger partial charge in [0, 0.05) is 0 Å². The lowest BCUT2D eigenvalue weighted by Crippen LogP contribution is -2.07. The zero-order valence-electron chi connectivity index (χ0n) is 3.60. The van der Waals surface area contributed by atoms with Crippen LogP contribution in [0.2, 0.25) is 0 Å². The smallest absolute Gasteiger partial charge is 0.207 e. The molecule has 6 heavy (non-hydrogen) atoms. The fraction of sp³-hybridized carbons (Fsp3) is 0.667. The molecule has 0 saturated carbocycles. The maximum Gasteiger partial charge on any atom is 0.207 e. The Kier molecular flexibility index (Phi) is 4.68. The van der Waals surface area contributed by atoms with E-state index in [4.69, 9.17) is 0 Å². The van der Waals surface area contributed by atoms with E-state index in [0.29, 0.717) is 12.3 Å². The fourth-order valence-electron chi connectivity index (χ4n) is 0.117. The Hall–Kier alpha value is -0.180. The Labute approximate surface area is 41.3 Å². The van der Waals surface area contributed by atoms with Gasteiger partial charge < -0.3 is 5.32 Å². The van der Waals surface area contributed by atoms with Crippen LogP contribution >= 0.6 is 11.8 Å². The van der Waals surface area contributed by atoms with E-state index in [1.807, 2.05) is 6.26 Å². The quantitative estimate of drug-likeness (QED) is 0.312. The van der Waals surface area contributed by atoms with E-state index in [9.17, 15) is 4.79 Å². The molecule has 0 saturated heterocycles. The molecule has 0 fully saturated rings. The summed E-state index contributed by atoms with van der Waals surface area (Å²) in [5, 5.41) is 2.48. The highest BCUT2D eigenvalue weighted by molar-refractivity contribution is 7.98. The molecule has 0 rings (SSSR count). The Morgan fingerprint density at radius 2 is 2.67 bits per heavy atom. The zero-order valence-corrected chi connectivity index (χ0v) is 4.42. The van der Waals surface area contributed by atoms with Gasteiger partial charge in [-0.15, -0.1) is 11.8 Å². The molecule has 3 heteroatoms. The summed E-state index contributed by atoms with van der Waals surface area (Å²) in [4.78, 5) is 9.44. The lowest BCUT2D eigenvalue weighted by Gasteiger charge is -1.86. The molecule has 0 aliphatic rings. The monoisotopic (exact) mass is 105 g/mol. The summed E-state index contributed by atoms with van der Waals surface area (Å²) in [5.41, 5.74) is 0. The van der Waals surface area contributed by atoms with E-state index in [0.717, 1.165) is 0 Å². The van der Waals surface area contributed by atoms with Gasteiger partial charge in [0.25, 0.3) is 0 Å². The molecule has 0 aliphatic carbocycles. The normalized spacial score (nSPS) is 7.50. The molecule has 0 bridgehead atoms. The minimum absolute atomic E-state index is 0.691. The van der Waals surface area contributed by atoms with Crippen molar-refractivity contribution in [3.63, 3.8) is 0 Å². The fourth-order valence-corrected chi connectivity index (χ4v) is 0.352. The van der Waals surface area contributed by atoms with Crippen molar-refractivity contribution in [2.45, 2.75) is 0 Å². The second-order valence-corrected chi connectivity index (χ2v) is 1.62. The van der Waals surface area contributed by atoms with Crippen molar-refractivity contribution in [3.05, 3.63) is 0 Å². The third-order valence-corrected chi connectivity index (χ3v) is 0.766. The van der Waals surface area contributed by atoms with Crippen molar-refractivity contribution >= 4 is 18.2 Å². The van der Waals surface area contributed by atoms with Gasteiger partial charge in [-0.05, 0) is 6.26 Å². The molecule has 0 radical (unpaired) electrons. The summed E-state index contributed by atoms with van der Waals surface area (Å²) in [6.45, 7) is 0. The van der Waals surface area contributed by atoms with Crippen molar-refractivity contribution in [3.8, 4) is 0 Å². The maximum absolute atomic E-state index is 9.44. The molecule has 0 aromatic carbocycles. The molecule has 36 valence electrons. The molecule has 0 aliphatic heterocycles. The highest BCUT2D eigenvalue weighted by Gasteiger charge is 1.69. The molecule has 0 heterocycles. The molecular formula is C3H7NOS. The molecule has 0 spiro atoms. The lowest BCUT2D eigenvalue weighted by atomic mass is 11.2. The van der Waals surface area contributed by atoms with Gasteiger partial charge in [0.2, 0.25) is 6.41 Å². The summed E-state index contributed by atoms with van der Waals surface area (Å²) in [7, 11) is 0. The lowest BCUT2D eigenvalue weighted by molar-refractivity contribution is -0.109. The van der Waals surface area contributed by atoms with Gasteiger partial charge in [0.15, 0.2) is 0 Å². The highest BCUT2D eigenvalue weighted by atomic mass is 32.2. The second-order valence-electron chi connectivity index (χ2n) is 0.755. The molecule has 1 amide bonds. The minimum atomic E-state index is 0.691. The Morgan fingerprint density at radius 1 is 2.00 bits per heavy atom. The van der Waals surface area contributed by atoms with E-state index >= 15 is 0 Å². The Morgan fingerprint density at radius 3 is 2.83 bits per heavy atom. The van der Waals surface area contributed by atoms with Crippen LogP contribution < -0.4 is 5.32 Å². The van der Waals surface area contributed by atoms with Crippen LogP contribution in [0.15, 0.2) is 0 Å². The van der Waals surface area contributed by atoms with Crippen LogP contribution in [0.25, 0.3) is 0 Å². The van der Waals surface area contributed by atoms with E-state index in [-0.39, 0.29) is 0 Å². The largest absolute Gasteiger partial charge is 0.350 e. The average Bonchev–Trinajstić information content (AvgIpc) is 1.61. The van der Waals surface area contributed by atoms with Crippen molar-refractivity contribution in [1.29, 1.82) is 0 Å². The van der Waals surface area contributed by atoms with Crippen molar-refractivity contribution in [2.75, 3.05) is 12.1 Å². The van der Waals surface area contributed by atoms with Crippen LogP contribution in [0.1, 0.15) is 0 Å². The topological polar surface area (TPSA) is 29.1 Å². The number of hydrogen-bond donors (Lipinski definition) is 1. The number of amides is 1. The van der Waals surface area contributed by atoms with Crippen molar-refractivity contribution < 1.29 is 4.79 Å². The van der Waals surface area contributed by atoms with Crippen LogP contribution in [-0.4, -0.2) is 18.5 Å². The van der Waals surface area contributed by atoms with Crippen LogP contribution in [0, 0.1) is 0 Å². The first-order valence-corrected chi connectivity index (χ1v) is 2.97. The Balaban J connectivity index is 2.49. The van der Waals surface area contributed by atoms with Gasteiger partial charge in [0.05, 0.1) is 5.88 Å². The van der Waals surface area contributed by atoms with Gasteiger partial charge in [-0.25, -0.2) is 0 Å². The first-order chi connectivity index (χ1) is 2.91. The SMILES string of the molecule is CSCNC=O. The van der Waals surface area contributed by atoms with E-state index < -0.39 is 0 Å². The third-order valence-electron chi connectivity index (χ3n) is 0.311. The molecule has 2 nitrogen and oxygen atoms in total. The van der Waals surface area contributed by atoms with E-state index in [2.05, 4.69) is 5.32 Å². The van der Waals surface area contributed by atoms with Crippen LogP contribution in [0.5, 0.6) is 0 Å². The maximum atomic E-state index is 9.44. The number of carbonyl (C=O) groups excluding carboxylic acids is 1. The molecule has 0 aromatic heterocycles. The minimum Gasteiger partial charge on any atom is -0.350 e. The zero-order chi connectivity index (χ0) is 4.83.